The van der Waals surface area contributed by atoms with Crippen molar-refractivity contribution in [3.8, 4) is 0 Å². The van der Waals surface area contributed by atoms with Gasteiger partial charge >= 0.3 is 1.43 Å². The molecule has 43 valence electrons. The Bertz CT molecular complexity index is 286. The first-order valence-corrected chi connectivity index (χ1v) is 2.76. The third-order valence-corrected chi connectivity index (χ3v) is 1.26. The predicted octanol–water partition coefficient (Wildman–Crippen LogP) is 1.25. The molecule has 2 aromatic rings. The maximum atomic E-state index is 3.84. The molecule has 0 aliphatic heterocycles. The van der Waals surface area contributed by atoms with Crippen LogP contribution in [-0.2, 0) is 0 Å². The van der Waals surface area contributed by atoms with Gasteiger partial charge in [0.1, 0.15) is 6.20 Å². The van der Waals surface area contributed by atoms with Gasteiger partial charge < -0.3 is 4.40 Å². The van der Waals surface area contributed by atoms with Gasteiger partial charge in [-0.15, -0.1) is 0 Å². The van der Waals surface area contributed by atoms with Crippen molar-refractivity contribution in [2.75, 3.05) is 0 Å². The molecule has 1 radical (unpaired) electrons. The molecule has 0 aliphatic carbocycles. The molecule has 0 saturated heterocycles. The minimum Gasteiger partial charge on any atom is -0.320 e. The van der Waals surface area contributed by atoms with E-state index in [1.165, 1.54) is 0 Å². The van der Waals surface area contributed by atoms with Crippen LogP contribution in [0.2, 0.25) is 0 Å². The van der Waals surface area contributed by atoms with Crippen LogP contribution in [0.5, 0.6) is 0 Å². The van der Waals surface area contributed by atoms with Gasteiger partial charge in [-0.25, -0.2) is 0 Å². The SMILES string of the molecule is [H+].[c]1nccn2cccc12. The van der Waals surface area contributed by atoms with Crippen LogP contribution in [0.4, 0.5) is 0 Å². The van der Waals surface area contributed by atoms with Crippen LogP contribution < -0.4 is 0 Å². The van der Waals surface area contributed by atoms with Crippen molar-refractivity contribution in [3.05, 3.63) is 36.9 Å². The first-order chi connectivity index (χ1) is 4.47. The van der Waals surface area contributed by atoms with Crippen molar-refractivity contribution in [1.82, 2.24) is 9.38 Å². The van der Waals surface area contributed by atoms with E-state index in [0.29, 0.717) is 0 Å². The van der Waals surface area contributed by atoms with Gasteiger partial charge in [0.25, 0.3) is 0 Å². The normalized spacial score (nSPS) is 10.2. The highest BCUT2D eigenvalue weighted by atomic mass is 14.9. The topological polar surface area (TPSA) is 17.3 Å². The van der Waals surface area contributed by atoms with Crippen molar-refractivity contribution in [2.24, 2.45) is 0 Å². The Kier molecular flexibility index (Phi) is 0.803. The molecule has 0 atom stereocenters. The molecule has 0 spiro atoms. The fourth-order valence-electron chi connectivity index (χ4n) is 0.827. The third-order valence-electron chi connectivity index (χ3n) is 1.26. The number of nitrogens with zero attached hydrogens (tertiary/aromatic N) is 2. The van der Waals surface area contributed by atoms with Gasteiger partial charge in [0.2, 0.25) is 0 Å². The fourth-order valence-corrected chi connectivity index (χ4v) is 0.827. The molecule has 0 amide bonds. The Morgan fingerprint density at radius 3 is 3.44 bits per heavy atom. The number of aromatic nitrogens is 2. The number of hydrogen-bond donors (Lipinski definition) is 0. The van der Waals surface area contributed by atoms with Crippen molar-refractivity contribution in [3.63, 3.8) is 0 Å². The molecule has 2 heterocycles. The van der Waals surface area contributed by atoms with E-state index in [1.807, 2.05) is 28.9 Å². The molecule has 0 N–H and O–H groups in total. The van der Waals surface area contributed by atoms with Crippen LogP contribution >= 0.6 is 0 Å². The molecule has 2 heteroatoms. The van der Waals surface area contributed by atoms with Gasteiger partial charge in [-0.3, -0.25) is 4.98 Å². The van der Waals surface area contributed by atoms with Gasteiger partial charge in [0, 0.05) is 18.6 Å². The second-order valence-corrected chi connectivity index (χ2v) is 1.84. The molecule has 0 unspecified atom stereocenters. The molecule has 0 bridgehead atoms. The molecule has 0 aromatic carbocycles. The fraction of sp³-hybridized carbons (Fsp3) is 0. The van der Waals surface area contributed by atoms with Crippen molar-refractivity contribution in [1.29, 1.82) is 0 Å². The summed E-state index contributed by atoms with van der Waals surface area (Å²) in [4.78, 5) is 3.84. The molecule has 2 aromatic heterocycles. The summed E-state index contributed by atoms with van der Waals surface area (Å²) in [5, 5.41) is 0. The van der Waals surface area contributed by atoms with Crippen LogP contribution in [0.1, 0.15) is 1.43 Å². The highest BCUT2D eigenvalue weighted by Crippen LogP contribution is 1.98. The van der Waals surface area contributed by atoms with Gasteiger partial charge in [-0.2, -0.15) is 0 Å². The monoisotopic (exact) mass is 118 g/mol. The highest BCUT2D eigenvalue weighted by molar-refractivity contribution is 5.42. The maximum Gasteiger partial charge on any atom is 1.00 e. The van der Waals surface area contributed by atoms with Crippen LogP contribution in [0.25, 0.3) is 5.52 Å². The Balaban J connectivity index is 0.000000500. The summed E-state index contributed by atoms with van der Waals surface area (Å²) in [6.07, 6.45) is 8.42. The summed E-state index contributed by atoms with van der Waals surface area (Å²) in [5.41, 5.74) is 1.01. The standard InChI is InChI=1S/C7H5N2/c1-2-7-6-8-3-5-9(7)4-1/h1-5H/p+1. The molecule has 0 fully saturated rings. The van der Waals surface area contributed by atoms with Crippen LogP contribution in [0.15, 0.2) is 30.7 Å². The van der Waals surface area contributed by atoms with Crippen LogP contribution in [0, 0.1) is 6.20 Å². The van der Waals surface area contributed by atoms with Gasteiger partial charge in [0.05, 0.1) is 5.52 Å². The zero-order valence-electron chi connectivity index (χ0n) is 5.78. The first-order valence-electron chi connectivity index (χ1n) is 2.76. The van der Waals surface area contributed by atoms with E-state index in [2.05, 4.69) is 11.2 Å². The maximum absolute atomic E-state index is 3.84. The van der Waals surface area contributed by atoms with Gasteiger partial charge in [-0.1, -0.05) is 0 Å². The second-order valence-electron chi connectivity index (χ2n) is 1.84. The highest BCUT2D eigenvalue weighted by Gasteiger charge is 1.85. The number of rotatable bonds is 0. The number of fused-ring (bicyclic) bond motifs is 1. The molecule has 0 saturated carbocycles. The molecule has 9 heavy (non-hydrogen) atoms. The van der Waals surface area contributed by atoms with E-state index in [1.54, 1.807) is 6.20 Å². The van der Waals surface area contributed by atoms with E-state index >= 15 is 0 Å². The smallest absolute Gasteiger partial charge is 0.320 e. The quantitative estimate of drug-likeness (QED) is 0.508. The van der Waals surface area contributed by atoms with Gasteiger partial charge in [-0.05, 0) is 12.1 Å². The first kappa shape index (κ1) is 4.56. The molecule has 2 rings (SSSR count). The van der Waals surface area contributed by atoms with Crippen LogP contribution in [-0.4, -0.2) is 9.38 Å². The van der Waals surface area contributed by atoms with Gasteiger partial charge in [0.15, 0.2) is 0 Å². The Morgan fingerprint density at radius 1 is 1.56 bits per heavy atom. The van der Waals surface area contributed by atoms with E-state index in [-0.39, 0.29) is 1.43 Å². The van der Waals surface area contributed by atoms with E-state index in [0.717, 1.165) is 5.52 Å². The van der Waals surface area contributed by atoms with Crippen molar-refractivity contribution in [2.45, 2.75) is 0 Å². The molecular weight excluding hydrogens is 112 g/mol. The summed E-state index contributed by atoms with van der Waals surface area (Å²) in [6.45, 7) is 0. The third kappa shape index (κ3) is 0.598. The largest absolute Gasteiger partial charge is 1.00 e. The minimum absolute atomic E-state index is 0. The van der Waals surface area contributed by atoms with E-state index in [9.17, 15) is 0 Å². The summed E-state index contributed by atoms with van der Waals surface area (Å²) in [7, 11) is 0. The lowest BCUT2D eigenvalue weighted by Gasteiger charge is -1.87. The lowest BCUT2D eigenvalue weighted by Crippen LogP contribution is -1.80. The van der Waals surface area contributed by atoms with E-state index < -0.39 is 0 Å². The average Bonchev–Trinajstić information content (AvgIpc) is 2.33. The minimum atomic E-state index is 0. The summed E-state index contributed by atoms with van der Waals surface area (Å²) in [5.74, 6) is 0. The lowest BCUT2D eigenvalue weighted by molar-refractivity contribution is 1.13. The van der Waals surface area contributed by atoms with Crippen molar-refractivity contribution >= 4 is 5.52 Å². The Morgan fingerprint density at radius 2 is 2.56 bits per heavy atom. The summed E-state index contributed by atoms with van der Waals surface area (Å²) < 4.78 is 1.97. The zero-order valence-corrected chi connectivity index (χ0v) is 4.78. The van der Waals surface area contributed by atoms with E-state index in [4.69, 9.17) is 0 Å². The zero-order chi connectivity index (χ0) is 6.10. The number of hydrogen-bond acceptors (Lipinski definition) is 1. The summed E-state index contributed by atoms with van der Waals surface area (Å²) in [6, 6.07) is 3.93. The Labute approximate surface area is 54.3 Å². The average molecular weight is 118 g/mol. The Hall–Kier alpha value is -1.31. The predicted molar refractivity (Wildman–Crippen MR) is 35.1 cm³/mol. The lowest BCUT2D eigenvalue weighted by atomic mass is 10.5. The van der Waals surface area contributed by atoms with Crippen molar-refractivity contribution < 1.29 is 1.43 Å². The molecule has 0 aliphatic rings. The second kappa shape index (κ2) is 1.58. The summed E-state index contributed by atoms with van der Waals surface area (Å²) >= 11 is 0. The molecular formula is C7H6N2+. The molecule has 2 nitrogen and oxygen atoms in total. The van der Waals surface area contributed by atoms with Crippen LogP contribution in [0.3, 0.4) is 0 Å².